The molecule has 0 saturated heterocycles. The molecule has 1 unspecified atom stereocenters. The van der Waals surface area contributed by atoms with Crippen molar-refractivity contribution in [2.24, 2.45) is 5.92 Å². The Hall–Kier alpha value is -1.13. The molecule has 0 aliphatic carbocycles. The second-order valence-corrected chi connectivity index (χ2v) is 3.51. The maximum absolute atomic E-state index is 12.8. The first-order chi connectivity index (χ1) is 7.17. The molecule has 0 heterocycles. The van der Waals surface area contributed by atoms with Crippen LogP contribution in [-0.4, -0.2) is 23.4 Å². The van der Waals surface area contributed by atoms with Gasteiger partial charge in [-0.05, 0) is 18.2 Å². The van der Waals surface area contributed by atoms with E-state index in [2.05, 4.69) is 0 Å². The highest BCUT2D eigenvalue weighted by molar-refractivity contribution is 5.33. The predicted molar refractivity (Wildman–Crippen MR) is 54.1 cm³/mol. The average Bonchev–Trinajstić information content (AvgIpc) is 2.26. The molecule has 0 fully saturated rings. The van der Waals surface area contributed by atoms with Gasteiger partial charge < -0.3 is 14.9 Å². The fourth-order valence-electron chi connectivity index (χ4n) is 1.10. The molecule has 4 heteroatoms. The molecule has 0 radical (unpaired) electrons. The Bertz CT molecular complexity index is 315. The summed E-state index contributed by atoms with van der Waals surface area (Å²) in [6.45, 7) is 1.95. The molecule has 0 amide bonds. The number of rotatable bonds is 5. The maximum Gasteiger partial charge on any atom is 0.125 e. The van der Waals surface area contributed by atoms with Crippen molar-refractivity contribution in [2.75, 3.05) is 13.2 Å². The van der Waals surface area contributed by atoms with E-state index in [1.54, 1.807) is 0 Å². The smallest absolute Gasteiger partial charge is 0.125 e. The molecular weight excluding hydrogens is 199 g/mol. The van der Waals surface area contributed by atoms with E-state index in [0.29, 0.717) is 17.9 Å². The summed E-state index contributed by atoms with van der Waals surface area (Å²) in [6.07, 6.45) is 0. The van der Waals surface area contributed by atoms with Crippen molar-refractivity contribution in [1.29, 1.82) is 0 Å². The number of ether oxygens (including phenoxy) is 1. The molecule has 0 aliphatic heterocycles. The summed E-state index contributed by atoms with van der Waals surface area (Å²) >= 11 is 0. The first-order valence-electron chi connectivity index (χ1n) is 4.80. The summed E-state index contributed by atoms with van der Waals surface area (Å²) in [5.41, 5.74) is 0.417. The predicted octanol–water partition coefficient (Wildman–Crippen LogP) is 1.33. The summed E-state index contributed by atoms with van der Waals surface area (Å²) in [5.74, 6) is 0.0717. The van der Waals surface area contributed by atoms with Crippen LogP contribution in [0.5, 0.6) is 5.75 Å². The fraction of sp³-hybridized carbons (Fsp3) is 0.455. The molecule has 1 rings (SSSR count). The van der Waals surface area contributed by atoms with Crippen molar-refractivity contribution in [1.82, 2.24) is 0 Å². The van der Waals surface area contributed by atoms with Crippen molar-refractivity contribution >= 4 is 0 Å². The second kappa shape index (κ2) is 5.68. The van der Waals surface area contributed by atoms with Gasteiger partial charge in [-0.2, -0.15) is 0 Å². The van der Waals surface area contributed by atoms with Crippen LogP contribution in [0.3, 0.4) is 0 Å². The molecular formula is C11H15FO3. The summed E-state index contributed by atoms with van der Waals surface area (Å²) in [5, 5.41) is 17.8. The first-order valence-corrected chi connectivity index (χ1v) is 4.80. The van der Waals surface area contributed by atoms with E-state index >= 15 is 0 Å². The van der Waals surface area contributed by atoms with Crippen LogP contribution in [0.15, 0.2) is 18.2 Å². The van der Waals surface area contributed by atoms with Crippen LogP contribution in [0.1, 0.15) is 12.5 Å². The Labute approximate surface area is 88.1 Å². The van der Waals surface area contributed by atoms with Crippen molar-refractivity contribution < 1.29 is 19.3 Å². The Morgan fingerprint density at radius 3 is 2.73 bits per heavy atom. The Morgan fingerprint density at radius 2 is 2.13 bits per heavy atom. The monoisotopic (exact) mass is 214 g/mol. The van der Waals surface area contributed by atoms with Crippen LogP contribution in [0.2, 0.25) is 0 Å². The van der Waals surface area contributed by atoms with E-state index in [1.165, 1.54) is 18.2 Å². The van der Waals surface area contributed by atoms with E-state index in [1.807, 2.05) is 6.92 Å². The lowest BCUT2D eigenvalue weighted by Gasteiger charge is -2.13. The van der Waals surface area contributed by atoms with Gasteiger partial charge in [-0.25, -0.2) is 4.39 Å². The molecule has 1 atom stereocenters. The van der Waals surface area contributed by atoms with Crippen LogP contribution in [0.4, 0.5) is 4.39 Å². The first kappa shape index (κ1) is 11.9. The molecule has 1 aromatic rings. The lowest BCUT2D eigenvalue weighted by molar-refractivity contribution is 0.171. The average molecular weight is 214 g/mol. The molecule has 0 bridgehead atoms. The van der Waals surface area contributed by atoms with Crippen molar-refractivity contribution in [3.05, 3.63) is 29.6 Å². The molecule has 15 heavy (non-hydrogen) atoms. The summed E-state index contributed by atoms with van der Waals surface area (Å²) in [4.78, 5) is 0. The topological polar surface area (TPSA) is 49.7 Å². The normalized spacial score (nSPS) is 12.5. The second-order valence-electron chi connectivity index (χ2n) is 3.51. The Morgan fingerprint density at radius 1 is 1.40 bits per heavy atom. The van der Waals surface area contributed by atoms with Gasteiger partial charge in [0.05, 0.1) is 13.2 Å². The molecule has 84 valence electrons. The molecule has 0 spiro atoms. The van der Waals surface area contributed by atoms with Crippen LogP contribution >= 0.6 is 0 Å². The SMILES string of the molecule is CC(CO)COc1ccc(F)cc1CO. The van der Waals surface area contributed by atoms with Gasteiger partial charge in [-0.15, -0.1) is 0 Å². The minimum Gasteiger partial charge on any atom is -0.493 e. The van der Waals surface area contributed by atoms with Crippen LogP contribution in [0, 0.1) is 11.7 Å². The lowest BCUT2D eigenvalue weighted by atomic mass is 10.2. The summed E-state index contributed by atoms with van der Waals surface area (Å²) in [7, 11) is 0. The van der Waals surface area contributed by atoms with Gasteiger partial charge in [0.25, 0.3) is 0 Å². The number of hydrogen-bond donors (Lipinski definition) is 2. The Balaban J connectivity index is 2.67. The third-order valence-corrected chi connectivity index (χ3v) is 2.03. The van der Waals surface area contributed by atoms with Gasteiger partial charge in [-0.3, -0.25) is 0 Å². The van der Waals surface area contributed by atoms with Gasteiger partial charge in [-0.1, -0.05) is 6.92 Å². The molecule has 3 nitrogen and oxygen atoms in total. The fourth-order valence-corrected chi connectivity index (χ4v) is 1.10. The minimum atomic E-state index is -0.401. The molecule has 0 aromatic heterocycles. The Kier molecular flexibility index (Phi) is 4.52. The van der Waals surface area contributed by atoms with E-state index in [4.69, 9.17) is 14.9 Å². The highest BCUT2D eigenvalue weighted by atomic mass is 19.1. The molecule has 0 aliphatic rings. The summed E-state index contributed by atoms with van der Waals surface area (Å²) in [6, 6.07) is 3.99. The van der Waals surface area contributed by atoms with Crippen LogP contribution in [-0.2, 0) is 6.61 Å². The highest BCUT2D eigenvalue weighted by Gasteiger charge is 2.06. The number of aliphatic hydroxyl groups excluding tert-OH is 2. The van der Waals surface area contributed by atoms with Gasteiger partial charge >= 0.3 is 0 Å². The molecule has 1 aromatic carbocycles. The summed E-state index contributed by atoms with van der Waals surface area (Å²) < 4.78 is 18.1. The van der Waals surface area contributed by atoms with E-state index in [-0.39, 0.29) is 19.1 Å². The third kappa shape index (κ3) is 3.49. The van der Waals surface area contributed by atoms with E-state index in [0.717, 1.165) is 0 Å². The number of halogens is 1. The molecule has 0 saturated carbocycles. The lowest BCUT2D eigenvalue weighted by Crippen LogP contribution is -2.13. The van der Waals surface area contributed by atoms with Crippen molar-refractivity contribution in [2.45, 2.75) is 13.5 Å². The van der Waals surface area contributed by atoms with Crippen LogP contribution in [0.25, 0.3) is 0 Å². The third-order valence-electron chi connectivity index (χ3n) is 2.03. The van der Waals surface area contributed by atoms with Crippen LogP contribution < -0.4 is 4.74 Å². The highest BCUT2D eigenvalue weighted by Crippen LogP contribution is 2.20. The van der Waals surface area contributed by atoms with Gasteiger partial charge in [0.1, 0.15) is 11.6 Å². The number of hydrogen-bond acceptors (Lipinski definition) is 3. The number of aliphatic hydroxyl groups is 2. The zero-order valence-corrected chi connectivity index (χ0v) is 8.61. The minimum absolute atomic E-state index is 0.0154. The van der Waals surface area contributed by atoms with E-state index in [9.17, 15) is 4.39 Å². The van der Waals surface area contributed by atoms with E-state index < -0.39 is 5.82 Å². The van der Waals surface area contributed by atoms with Gasteiger partial charge in [0, 0.05) is 18.1 Å². The standard InChI is InChI=1S/C11H15FO3/c1-8(5-13)7-15-11-3-2-10(12)4-9(11)6-14/h2-4,8,13-14H,5-7H2,1H3. The largest absolute Gasteiger partial charge is 0.493 e. The number of benzene rings is 1. The molecule has 2 N–H and O–H groups in total. The van der Waals surface area contributed by atoms with Crippen molar-refractivity contribution in [3.8, 4) is 5.75 Å². The quantitative estimate of drug-likeness (QED) is 0.777. The van der Waals surface area contributed by atoms with Gasteiger partial charge in [0.15, 0.2) is 0 Å². The zero-order valence-electron chi connectivity index (χ0n) is 8.61. The van der Waals surface area contributed by atoms with Gasteiger partial charge in [0.2, 0.25) is 0 Å². The zero-order chi connectivity index (χ0) is 11.3. The van der Waals surface area contributed by atoms with Crippen molar-refractivity contribution in [3.63, 3.8) is 0 Å². The maximum atomic E-state index is 12.8.